The van der Waals surface area contributed by atoms with Crippen LogP contribution in [-0.4, -0.2) is 44.5 Å². The summed E-state index contributed by atoms with van der Waals surface area (Å²) in [6.45, 7) is 13.0. The molecule has 7 heteroatoms. The minimum absolute atomic E-state index is 0.0446. The summed E-state index contributed by atoms with van der Waals surface area (Å²) in [4.78, 5) is 14.6. The van der Waals surface area contributed by atoms with Crippen LogP contribution in [0.3, 0.4) is 0 Å². The molecule has 4 aromatic rings. The summed E-state index contributed by atoms with van der Waals surface area (Å²) in [5.74, 6) is 1.05. The number of pyridine rings is 1. The van der Waals surface area contributed by atoms with Gasteiger partial charge in [0.1, 0.15) is 23.4 Å². The summed E-state index contributed by atoms with van der Waals surface area (Å²) in [6, 6.07) is 0. The van der Waals surface area contributed by atoms with Gasteiger partial charge >= 0.3 is 0 Å². The number of H-pyrrole nitrogens is 1. The molecule has 1 aliphatic heterocycles. The monoisotopic (exact) mass is 476 g/mol. The van der Waals surface area contributed by atoms with Gasteiger partial charge in [0.15, 0.2) is 18.4 Å². The van der Waals surface area contributed by atoms with Gasteiger partial charge < -0.3 is 9.72 Å². The molecule has 34 heavy (non-hydrogen) atoms. The fourth-order valence-corrected chi connectivity index (χ4v) is 7.59. The van der Waals surface area contributed by atoms with Crippen LogP contribution >= 0.6 is 11.3 Å². The molecule has 0 bridgehead atoms. The van der Waals surface area contributed by atoms with E-state index >= 15 is 0 Å². The molecule has 2 aliphatic rings. The molecule has 1 spiro atoms. The molecule has 0 radical (unpaired) electrons. The van der Waals surface area contributed by atoms with Crippen molar-refractivity contribution in [2.24, 2.45) is 0 Å². The zero-order chi connectivity index (χ0) is 23.6. The lowest BCUT2D eigenvalue weighted by molar-refractivity contribution is -0.493. The molecule has 0 saturated heterocycles. The van der Waals surface area contributed by atoms with E-state index in [0.29, 0.717) is 11.8 Å². The number of rotatable bonds is 3. The number of thiophene rings is 1. The zero-order valence-corrected chi connectivity index (χ0v) is 21.6. The van der Waals surface area contributed by atoms with E-state index in [1.165, 1.54) is 56.6 Å². The Bertz CT molecular complexity index is 1410. The van der Waals surface area contributed by atoms with Gasteiger partial charge in [-0.25, -0.2) is 14.5 Å². The van der Waals surface area contributed by atoms with Gasteiger partial charge in [-0.3, -0.25) is 0 Å². The fourth-order valence-electron chi connectivity index (χ4n) is 6.20. The largest absolute Gasteiger partial charge is 0.358 e. The third-order valence-electron chi connectivity index (χ3n) is 8.24. The van der Waals surface area contributed by atoms with Crippen LogP contribution < -0.4 is 4.99 Å². The average molecular weight is 477 g/mol. The maximum absolute atomic E-state index is 6.19. The third kappa shape index (κ3) is 3.28. The highest BCUT2D eigenvalue weighted by molar-refractivity contribution is 7.19. The summed E-state index contributed by atoms with van der Waals surface area (Å²) in [6.07, 6.45) is 10.5. The van der Waals surface area contributed by atoms with E-state index in [0.717, 1.165) is 31.6 Å². The van der Waals surface area contributed by atoms with Crippen molar-refractivity contribution in [2.45, 2.75) is 77.7 Å². The van der Waals surface area contributed by atoms with Crippen molar-refractivity contribution >= 4 is 33.4 Å². The zero-order valence-electron chi connectivity index (χ0n) is 20.8. The quantitative estimate of drug-likeness (QED) is 0.455. The molecule has 1 fully saturated rings. The first kappa shape index (κ1) is 22.0. The number of nitrogens with one attached hydrogen (secondary N) is 2. The van der Waals surface area contributed by atoms with E-state index in [-0.39, 0.29) is 5.60 Å². The predicted molar refractivity (Wildman–Crippen MR) is 138 cm³/mol. The van der Waals surface area contributed by atoms with Gasteiger partial charge in [-0.2, -0.15) is 5.10 Å². The highest BCUT2D eigenvalue weighted by atomic mass is 32.1. The van der Waals surface area contributed by atoms with Gasteiger partial charge in [0.2, 0.25) is 0 Å². The number of hydrogen-bond acceptors (Lipinski definition) is 4. The van der Waals surface area contributed by atoms with Crippen molar-refractivity contribution in [3.8, 4) is 11.3 Å². The first-order chi connectivity index (χ1) is 16.4. The van der Waals surface area contributed by atoms with Crippen molar-refractivity contribution < 1.29 is 9.73 Å². The molecule has 0 amide bonds. The van der Waals surface area contributed by atoms with Crippen molar-refractivity contribution in [3.63, 3.8) is 0 Å². The van der Waals surface area contributed by atoms with Crippen LogP contribution in [0.1, 0.15) is 78.5 Å². The van der Waals surface area contributed by atoms with Crippen LogP contribution in [0.5, 0.6) is 0 Å². The van der Waals surface area contributed by atoms with E-state index in [4.69, 9.17) is 4.74 Å². The number of aromatic amines is 1. The van der Waals surface area contributed by atoms with Crippen molar-refractivity contribution in [2.75, 3.05) is 13.2 Å². The Morgan fingerprint density at radius 1 is 1.18 bits per heavy atom. The van der Waals surface area contributed by atoms with Gasteiger partial charge in [0, 0.05) is 22.0 Å². The molecule has 6 nitrogen and oxygen atoms in total. The number of ether oxygens (including phenoxy) is 1. The van der Waals surface area contributed by atoms with Crippen molar-refractivity contribution in [3.05, 3.63) is 39.7 Å². The lowest BCUT2D eigenvalue weighted by Crippen LogP contribution is -2.79. The maximum atomic E-state index is 6.19. The number of aromatic nitrogens is 4. The molecule has 0 unspecified atom stereocenters. The lowest BCUT2D eigenvalue weighted by atomic mass is 9.77. The van der Waals surface area contributed by atoms with E-state index in [1.807, 2.05) is 22.1 Å². The topological polar surface area (TPSA) is 69.2 Å². The van der Waals surface area contributed by atoms with E-state index in [1.54, 1.807) is 11.2 Å². The smallest absolute Gasteiger partial charge is 0.169 e. The third-order valence-corrected chi connectivity index (χ3v) is 9.61. The SMILES string of the molecule is Cc1c(-c2[nH]c3sc(C4CCC5(CC4)C[NH+]=CCO5)c(C)c3c2C(C)C)cn2ncnc2c1C. The molecule has 6 rings (SSSR count). The van der Waals surface area contributed by atoms with Gasteiger partial charge in [-0.15, -0.1) is 11.3 Å². The Labute approximate surface area is 204 Å². The molecule has 5 heterocycles. The highest BCUT2D eigenvalue weighted by Gasteiger charge is 2.41. The van der Waals surface area contributed by atoms with E-state index in [9.17, 15) is 0 Å². The summed E-state index contributed by atoms with van der Waals surface area (Å²) >= 11 is 1.97. The Morgan fingerprint density at radius 2 is 1.97 bits per heavy atom. The van der Waals surface area contributed by atoms with Crippen LogP contribution in [0.4, 0.5) is 0 Å². The summed E-state index contributed by atoms with van der Waals surface area (Å²) in [5, 5.41) is 5.87. The Kier molecular flexibility index (Phi) is 5.19. The summed E-state index contributed by atoms with van der Waals surface area (Å²) < 4.78 is 8.10. The molecule has 1 aliphatic carbocycles. The second-order valence-electron chi connectivity index (χ2n) is 10.5. The average Bonchev–Trinajstić information content (AvgIpc) is 3.52. The Morgan fingerprint density at radius 3 is 2.68 bits per heavy atom. The molecule has 178 valence electrons. The number of nitrogens with zero attached hydrogens (tertiary/aromatic N) is 3. The van der Waals surface area contributed by atoms with Crippen LogP contribution in [-0.2, 0) is 4.74 Å². The molecule has 1 saturated carbocycles. The van der Waals surface area contributed by atoms with Crippen molar-refractivity contribution in [1.82, 2.24) is 19.6 Å². The van der Waals surface area contributed by atoms with E-state index in [2.05, 4.69) is 60.9 Å². The first-order valence-electron chi connectivity index (χ1n) is 12.5. The number of hydrogen-bond donors (Lipinski definition) is 2. The number of aryl methyl sites for hydroxylation is 2. The second kappa shape index (κ2) is 8.02. The standard InChI is InChI=1S/C27H33N5OS/c1-15(2)21-22-18(5)24(19-6-8-27(9-7-19)13-28-10-11-33-27)34-26(22)31-23(21)20-12-32-25(29-14-30-32)17(4)16(20)3/h10,12,14-15,19,31H,6-9,11,13H2,1-5H3/p+1. The first-order valence-corrected chi connectivity index (χ1v) is 13.3. The number of fused-ring (bicyclic) bond motifs is 2. The highest BCUT2D eigenvalue weighted by Crippen LogP contribution is 2.48. The Hall–Kier alpha value is -2.51. The van der Waals surface area contributed by atoms with Crippen LogP contribution in [0.25, 0.3) is 27.1 Å². The molecular formula is C27H34N5OS+. The van der Waals surface area contributed by atoms with Crippen LogP contribution in [0.2, 0.25) is 0 Å². The van der Waals surface area contributed by atoms with E-state index < -0.39 is 0 Å². The predicted octanol–water partition coefficient (Wildman–Crippen LogP) is 4.57. The van der Waals surface area contributed by atoms with Crippen LogP contribution in [0, 0.1) is 20.8 Å². The Balaban J connectivity index is 1.41. The normalized spacial score (nSPS) is 23.2. The van der Waals surface area contributed by atoms with Crippen LogP contribution in [0.15, 0.2) is 12.5 Å². The summed E-state index contributed by atoms with van der Waals surface area (Å²) in [7, 11) is 0. The van der Waals surface area contributed by atoms with Crippen molar-refractivity contribution in [1.29, 1.82) is 0 Å². The molecule has 4 aromatic heterocycles. The molecule has 0 atom stereocenters. The minimum Gasteiger partial charge on any atom is -0.358 e. The van der Waals surface area contributed by atoms with Gasteiger partial charge in [0.05, 0.1) is 5.69 Å². The molecular weight excluding hydrogens is 442 g/mol. The second-order valence-corrected chi connectivity index (χ2v) is 11.6. The molecule has 2 N–H and O–H groups in total. The van der Waals surface area contributed by atoms with Gasteiger partial charge in [0.25, 0.3) is 0 Å². The fraction of sp³-hybridized carbons (Fsp3) is 0.519. The summed E-state index contributed by atoms with van der Waals surface area (Å²) in [5.41, 5.74) is 8.80. The molecule has 0 aromatic carbocycles. The lowest BCUT2D eigenvalue weighted by Gasteiger charge is -2.38. The van der Waals surface area contributed by atoms with Gasteiger partial charge in [-0.05, 0) is 80.5 Å². The van der Waals surface area contributed by atoms with Gasteiger partial charge in [-0.1, -0.05) is 13.8 Å². The minimum atomic E-state index is 0.0446. The maximum Gasteiger partial charge on any atom is 0.169 e.